The van der Waals surface area contributed by atoms with Crippen molar-refractivity contribution in [3.05, 3.63) is 17.7 Å². The number of nitrogens with one attached hydrogen (secondary N) is 1. The molecule has 0 aromatic heterocycles. The summed E-state index contributed by atoms with van der Waals surface area (Å²) in [5.74, 6) is 0.957. The number of methoxy groups -OCH3 is 3. The zero-order chi connectivity index (χ0) is 20.0. The van der Waals surface area contributed by atoms with Crippen LogP contribution in [0.3, 0.4) is 0 Å². The first-order chi connectivity index (χ1) is 12.9. The Morgan fingerprint density at radius 1 is 1.04 bits per heavy atom. The van der Waals surface area contributed by atoms with Crippen molar-refractivity contribution in [3.63, 3.8) is 0 Å². The Kier molecular flexibility index (Phi) is 7.33. The largest absolute Gasteiger partial charge is 0.493 e. The summed E-state index contributed by atoms with van der Waals surface area (Å²) in [7, 11) is 4.37. The molecule has 0 heterocycles. The average molecular weight is 379 g/mol. The van der Waals surface area contributed by atoms with Crippen molar-refractivity contribution in [3.8, 4) is 17.2 Å². The van der Waals surface area contributed by atoms with E-state index >= 15 is 0 Å². The SMILES string of the molecule is COc1ccc(C(=O)OCC(=O)N[C@@H]2CCC[C@H](C)[C@@H]2C)c(OC)c1OC. The zero-order valence-corrected chi connectivity index (χ0v) is 16.7. The molecule has 7 heteroatoms. The molecule has 1 aromatic carbocycles. The molecular weight excluding hydrogens is 350 g/mol. The minimum atomic E-state index is -0.659. The molecule has 0 radical (unpaired) electrons. The van der Waals surface area contributed by atoms with Crippen LogP contribution in [0, 0.1) is 11.8 Å². The van der Waals surface area contributed by atoms with Gasteiger partial charge in [0.05, 0.1) is 21.3 Å². The number of hydrogen-bond acceptors (Lipinski definition) is 6. The predicted octanol–water partition coefficient (Wildman–Crippen LogP) is 2.81. The number of amides is 1. The third-order valence-corrected chi connectivity index (χ3v) is 5.31. The number of carbonyl (C=O) groups is 2. The topological polar surface area (TPSA) is 83.1 Å². The number of carbonyl (C=O) groups excluding carboxylic acids is 2. The second-order valence-electron chi connectivity index (χ2n) is 6.90. The number of ether oxygens (including phenoxy) is 4. The number of benzene rings is 1. The first-order valence-corrected chi connectivity index (χ1v) is 9.18. The second kappa shape index (κ2) is 9.48. The molecule has 0 aliphatic heterocycles. The Bertz CT molecular complexity index is 675. The van der Waals surface area contributed by atoms with Gasteiger partial charge in [0.15, 0.2) is 18.1 Å². The van der Waals surface area contributed by atoms with Crippen LogP contribution >= 0.6 is 0 Å². The molecule has 1 aromatic rings. The van der Waals surface area contributed by atoms with E-state index in [1.165, 1.54) is 33.8 Å². The van der Waals surface area contributed by atoms with Crippen molar-refractivity contribution < 1.29 is 28.5 Å². The third kappa shape index (κ3) is 4.84. The lowest BCUT2D eigenvalue weighted by atomic mass is 9.78. The van der Waals surface area contributed by atoms with Crippen LogP contribution in [-0.2, 0) is 9.53 Å². The van der Waals surface area contributed by atoms with E-state index in [0.717, 1.165) is 12.8 Å². The van der Waals surface area contributed by atoms with Gasteiger partial charge < -0.3 is 24.3 Å². The quantitative estimate of drug-likeness (QED) is 0.734. The molecule has 1 saturated carbocycles. The summed E-state index contributed by atoms with van der Waals surface area (Å²) in [4.78, 5) is 24.6. The minimum Gasteiger partial charge on any atom is -0.493 e. The van der Waals surface area contributed by atoms with Crippen molar-refractivity contribution in [2.24, 2.45) is 11.8 Å². The van der Waals surface area contributed by atoms with E-state index in [4.69, 9.17) is 18.9 Å². The van der Waals surface area contributed by atoms with Crippen LogP contribution in [0.1, 0.15) is 43.5 Å². The van der Waals surface area contributed by atoms with Gasteiger partial charge in [0, 0.05) is 6.04 Å². The number of hydrogen-bond donors (Lipinski definition) is 1. The Morgan fingerprint density at radius 3 is 2.37 bits per heavy atom. The molecule has 3 atom stereocenters. The molecule has 1 fully saturated rings. The Morgan fingerprint density at radius 2 is 1.74 bits per heavy atom. The van der Waals surface area contributed by atoms with Crippen LogP contribution < -0.4 is 19.5 Å². The number of rotatable bonds is 7. The van der Waals surface area contributed by atoms with Crippen LogP contribution in [0.2, 0.25) is 0 Å². The fourth-order valence-corrected chi connectivity index (χ4v) is 3.51. The zero-order valence-electron chi connectivity index (χ0n) is 16.7. The van der Waals surface area contributed by atoms with Gasteiger partial charge in [-0.25, -0.2) is 4.79 Å². The van der Waals surface area contributed by atoms with Crippen LogP contribution in [0.15, 0.2) is 12.1 Å². The van der Waals surface area contributed by atoms with E-state index in [-0.39, 0.29) is 29.9 Å². The molecule has 1 aliphatic rings. The van der Waals surface area contributed by atoms with Crippen LogP contribution in [0.5, 0.6) is 17.2 Å². The molecule has 0 unspecified atom stereocenters. The van der Waals surface area contributed by atoms with Crippen LogP contribution in [-0.4, -0.2) is 45.9 Å². The molecule has 2 rings (SSSR count). The fraction of sp³-hybridized carbons (Fsp3) is 0.600. The normalized spacial score (nSPS) is 21.9. The first-order valence-electron chi connectivity index (χ1n) is 9.18. The number of esters is 1. The van der Waals surface area contributed by atoms with Crippen molar-refractivity contribution >= 4 is 11.9 Å². The van der Waals surface area contributed by atoms with Crippen molar-refractivity contribution in [2.75, 3.05) is 27.9 Å². The predicted molar refractivity (Wildman–Crippen MR) is 100 cm³/mol. The van der Waals surface area contributed by atoms with Gasteiger partial charge in [-0.3, -0.25) is 4.79 Å². The summed E-state index contributed by atoms with van der Waals surface area (Å²) in [5, 5.41) is 2.98. The monoisotopic (exact) mass is 379 g/mol. The van der Waals surface area contributed by atoms with Gasteiger partial charge in [0.25, 0.3) is 5.91 Å². The lowest BCUT2D eigenvalue weighted by molar-refractivity contribution is -0.125. The van der Waals surface area contributed by atoms with Gasteiger partial charge in [-0.1, -0.05) is 26.7 Å². The van der Waals surface area contributed by atoms with Crippen molar-refractivity contribution in [1.82, 2.24) is 5.32 Å². The molecule has 1 amide bonds. The molecule has 1 aliphatic carbocycles. The van der Waals surface area contributed by atoms with E-state index in [9.17, 15) is 9.59 Å². The highest BCUT2D eigenvalue weighted by atomic mass is 16.5. The smallest absolute Gasteiger partial charge is 0.342 e. The maximum absolute atomic E-state index is 12.4. The molecule has 7 nitrogen and oxygen atoms in total. The minimum absolute atomic E-state index is 0.121. The summed E-state index contributed by atoms with van der Waals surface area (Å²) in [6, 6.07) is 3.23. The van der Waals surface area contributed by atoms with Gasteiger partial charge in [-0.2, -0.15) is 0 Å². The van der Waals surface area contributed by atoms with Crippen molar-refractivity contribution in [2.45, 2.75) is 39.2 Å². The van der Waals surface area contributed by atoms with E-state index < -0.39 is 5.97 Å². The van der Waals surface area contributed by atoms with Gasteiger partial charge in [-0.15, -0.1) is 0 Å². The Labute approximate surface area is 160 Å². The van der Waals surface area contributed by atoms with Crippen LogP contribution in [0.4, 0.5) is 0 Å². The summed E-state index contributed by atoms with van der Waals surface area (Å²) in [5.41, 5.74) is 0.169. The van der Waals surface area contributed by atoms with Gasteiger partial charge in [0.1, 0.15) is 5.56 Å². The lowest BCUT2D eigenvalue weighted by Crippen LogP contribution is -2.45. The molecular formula is C20H29NO6. The third-order valence-electron chi connectivity index (χ3n) is 5.31. The standard InChI is InChI=1S/C20H29NO6/c1-12-7-6-8-15(13(12)2)21-17(22)11-27-20(23)14-9-10-16(24-3)19(26-5)18(14)25-4/h9-10,12-13,15H,6-8,11H2,1-5H3,(H,21,22)/t12-,13-,15+/m0/s1. The van der Waals surface area contributed by atoms with E-state index in [2.05, 4.69) is 19.2 Å². The van der Waals surface area contributed by atoms with Crippen LogP contribution in [0.25, 0.3) is 0 Å². The van der Waals surface area contributed by atoms with E-state index in [0.29, 0.717) is 23.3 Å². The van der Waals surface area contributed by atoms with Crippen molar-refractivity contribution in [1.29, 1.82) is 0 Å². The summed E-state index contributed by atoms with van der Waals surface area (Å²) in [6.45, 7) is 4.01. The molecule has 0 bridgehead atoms. The average Bonchev–Trinajstić information content (AvgIpc) is 2.68. The lowest BCUT2D eigenvalue weighted by Gasteiger charge is -2.34. The summed E-state index contributed by atoms with van der Waals surface area (Å²) in [6.07, 6.45) is 3.23. The highest BCUT2D eigenvalue weighted by molar-refractivity contribution is 5.95. The molecule has 1 N–H and O–H groups in total. The Hall–Kier alpha value is -2.44. The fourth-order valence-electron chi connectivity index (χ4n) is 3.51. The van der Waals surface area contributed by atoms with Gasteiger partial charge >= 0.3 is 5.97 Å². The van der Waals surface area contributed by atoms with Gasteiger partial charge in [0.2, 0.25) is 5.75 Å². The molecule has 150 valence electrons. The highest BCUT2D eigenvalue weighted by Gasteiger charge is 2.28. The molecule has 0 saturated heterocycles. The molecule has 0 spiro atoms. The maximum Gasteiger partial charge on any atom is 0.342 e. The Balaban J connectivity index is 2.00. The first kappa shape index (κ1) is 20.9. The van der Waals surface area contributed by atoms with E-state index in [1.54, 1.807) is 6.07 Å². The summed E-state index contributed by atoms with van der Waals surface area (Å²) < 4.78 is 20.9. The molecule has 27 heavy (non-hydrogen) atoms. The van der Waals surface area contributed by atoms with Gasteiger partial charge in [-0.05, 0) is 30.4 Å². The highest BCUT2D eigenvalue weighted by Crippen LogP contribution is 2.40. The summed E-state index contributed by atoms with van der Waals surface area (Å²) >= 11 is 0. The van der Waals surface area contributed by atoms with E-state index in [1.807, 2.05) is 0 Å². The maximum atomic E-state index is 12.4. The second-order valence-corrected chi connectivity index (χ2v) is 6.90.